The van der Waals surface area contributed by atoms with Crippen molar-refractivity contribution < 1.29 is 16.5 Å². The van der Waals surface area contributed by atoms with Gasteiger partial charge in [0.15, 0.2) is 0 Å². The second kappa shape index (κ2) is 4.94. The van der Waals surface area contributed by atoms with E-state index in [9.17, 15) is 0 Å². The molecule has 5 heavy (non-hydrogen) atoms. The molecule has 0 aliphatic heterocycles. The Bertz CT molecular complexity index is 15.5. The maximum atomic E-state index is 7.17. The summed E-state index contributed by atoms with van der Waals surface area (Å²) in [4.78, 5) is 0. The Hall–Kier alpha value is 0.945. The van der Waals surface area contributed by atoms with E-state index in [0.717, 1.165) is 0 Å². The van der Waals surface area contributed by atoms with Gasteiger partial charge >= 0.3 is 36.9 Å². The predicted octanol–water partition coefficient (Wildman–Crippen LogP) is -2.45. The van der Waals surface area contributed by atoms with Crippen molar-refractivity contribution in [3.63, 3.8) is 0 Å². The van der Waals surface area contributed by atoms with Crippen LogP contribution in [0, 0.1) is 0 Å². The van der Waals surface area contributed by atoms with E-state index >= 15 is 0 Å². The van der Waals surface area contributed by atoms with Crippen molar-refractivity contribution in [3.05, 3.63) is 0 Å². The number of hydrogen-bond donors (Lipinski definition) is 3. The summed E-state index contributed by atoms with van der Waals surface area (Å²) >= 11 is 0. The van der Waals surface area contributed by atoms with E-state index in [1.165, 1.54) is 0 Å². The fraction of sp³-hybridized carbons (Fsp3) is 0. The van der Waals surface area contributed by atoms with Crippen LogP contribution in [0.4, 0.5) is 0 Å². The van der Waals surface area contributed by atoms with E-state index in [1.54, 1.807) is 0 Å². The molecule has 3 nitrogen and oxygen atoms in total. The van der Waals surface area contributed by atoms with Crippen molar-refractivity contribution in [1.29, 1.82) is 0 Å². The maximum absolute atomic E-state index is 7.17. The average molecular weight is 87.8 g/mol. The van der Waals surface area contributed by atoms with Crippen molar-refractivity contribution in [2.45, 2.75) is 0 Å². The van der Waals surface area contributed by atoms with Gasteiger partial charge in [0, 0.05) is 1.43 Å². The van der Waals surface area contributed by atoms with Crippen LogP contribution in [-0.2, 0) is 0 Å². The molecule has 0 saturated carbocycles. The van der Waals surface area contributed by atoms with Gasteiger partial charge in [0.05, 0.1) is 0 Å². The summed E-state index contributed by atoms with van der Waals surface area (Å²) in [6.07, 6.45) is 0. The van der Waals surface area contributed by atoms with Gasteiger partial charge in [-0.15, -0.1) is 0 Å². The molecule has 0 aliphatic rings. The fourth-order valence-corrected chi connectivity index (χ4v) is 0. The van der Waals surface area contributed by atoms with Gasteiger partial charge < -0.3 is 15.1 Å². The number of hydrogen-bond acceptors (Lipinski definition) is 3. The normalized spacial score (nSPS) is 5.40. The average Bonchev–Trinajstić information content (AvgIpc) is 0.811. The van der Waals surface area contributed by atoms with E-state index < -0.39 is 7.32 Å². The van der Waals surface area contributed by atoms with Crippen LogP contribution in [-0.4, -0.2) is 52.0 Å². The van der Waals surface area contributed by atoms with Crippen molar-refractivity contribution in [3.8, 4) is 0 Å². The van der Waals surface area contributed by atoms with Gasteiger partial charge in [-0.3, -0.25) is 0 Å². The van der Waals surface area contributed by atoms with Crippen LogP contribution in [0.15, 0.2) is 0 Å². The molecular weight excluding hydrogens is 81.8 g/mol. The molecule has 0 saturated heterocycles. The first-order chi connectivity index (χ1) is 1.73. The molecular formula is H6BNaO3. The van der Waals surface area contributed by atoms with Crippen LogP contribution in [0.1, 0.15) is 1.43 Å². The molecule has 0 spiro atoms. The summed E-state index contributed by atoms with van der Waals surface area (Å²) in [6.45, 7) is 0. The molecule has 3 N–H and O–H groups in total. The van der Waals surface area contributed by atoms with Gasteiger partial charge in [0.2, 0.25) is 0 Å². The third-order valence-electron chi connectivity index (χ3n) is 0. The Labute approximate surface area is 53.6 Å². The Kier molecular flexibility index (Phi) is 9.24. The van der Waals surface area contributed by atoms with E-state index in [0.29, 0.717) is 0 Å². The van der Waals surface area contributed by atoms with E-state index in [1.807, 2.05) is 0 Å². The molecule has 0 unspecified atom stereocenters. The summed E-state index contributed by atoms with van der Waals surface area (Å²) in [5, 5.41) is 21.5. The molecule has 0 aromatic heterocycles. The summed E-state index contributed by atoms with van der Waals surface area (Å²) in [5.74, 6) is 0. The van der Waals surface area contributed by atoms with E-state index in [-0.39, 0.29) is 31.0 Å². The van der Waals surface area contributed by atoms with Crippen LogP contribution in [0.5, 0.6) is 0 Å². The fourth-order valence-electron chi connectivity index (χ4n) is 0. The van der Waals surface area contributed by atoms with E-state index in [4.69, 9.17) is 15.1 Å². The van der Waals surface area contributed by atoms with Crippen LogP contribution < -0.4 is 0 Å². The summed E-state index contributed by atoms with van der Waals surface area (Å²) in [5.41, 5.74) is 0. The Morgan fingerprint density at radius 2 is 1.20 bits per heavy atom. The van der Waals surface area contributed by atoms with Crippen LogP contribution in [0.2, 0.25) is 0 Å². The minimum atomic E-state index is -2.17. The third kappa shape index (κ3) is 48.0. The molecule has 0 amide bonds. The van der Waals surface area contributed by atoms with Gasteiger partial charge in [-0.1, -0.05) is 0 Å². The Balaban J connectivity index is -0.0000000450. The molecule has 0 radical (unpaired) electrons. The van der Waals surface area contributed by atoms with Crippen molar-refractivity contribution in [1.82, 2.24) is 0 Å². The summed E-state index contributed by atoms with van der Waals surface area (Å²) in [6, 6.07) is 0. The predicted molar refractivity (Wildman–Crippen MR) is 21.7 cm³/mol. The van der Waals surface area contributed by atoms with Crippen LogP contribution in [0.3, 0.4) is 0 Å². The molecule has 0 atom stereocenters. The molecule has 0 fully saturated rings. The second-order valence-corrected chi connectivity index (χ2v) is 0.346. The Morgan fingerprint density at radius 1 is 1.20 bits per heavy atom. The molecule has 0 rings (SSSR count). The first-order valence-corrected chi connectivity index (χ1v) is 0.775. The van der Waals surface area contributed by atoms with Gasteiger partial charge in [0.25, 0.3) is 0 Å². The first-order valence-electron chi connectivity index (χ1n) is 0.775. The zero-order valence-electron chi connectivity index (χ0n) is 1.92. The SMILES string of the molecule is OB(O)O.[HH].[NaH]. The van der Waals surface area contributed by atoms with Crippen LogP contribution in [0.25, 0.3) is 0 Å². The van der Waals surface area contributed by atoms with Gasteiger partial charge in [-0.05, 0) is 0 Å². The summed E-state index contributed by atoms with van der Waals surface area (Å²) in [7, 11) is -2.17. The standard InChI is InChI=1S/BH3O3.Na.H2.H/c2-1(3)4;;;/h2-4H;;1H;. The number of rotatable bonds is 0. The van der Waals surface area contributed by atoms with Gasteiger partial charge in [-0.25, -0.2) is 0 Å². The van der Waals surface area contributed by atoms with Crippen molar-refractivity contribution in [2.75, 3.05) is 0 Å². The third-order valence-corrected chi connectivity index (χ3v) is 0. The molecule has 28 valence electrons. The first kappa shape index (κ1) is 9.34. The Morgan fingerprint density at radius 3 is 1.20 bits per heavy atom. The van der Waals surface area contributed by atoms with Gasteiger partial charge in [-0.2, -0.15) is 0 Å². The van der Waals surface area contributed by atoms with Crippen LogP contribution >= 0.6 is 0 Å². The van der Waals surface area contributed by atoms with Crippen molar-refractivity contribution >= 4 is 36.9 Å². The second-order valence-electron chi connectivity index (χ2n) is 0.346. The topological polar surface area (TPSA) is 60.7 Å². The zero-order chi connectivity index (χ0) is 3.58. The zero-order valence-corrected chi connectivity index (χ0v) is 1.92. The molecule has 0 bridgehead atoms. The van der Waals surface area contributed by atoms with E-state index in [2.05, 4.69) is 0 Å². The van der Waals surface area contributed by atoms with Gasteiger partial charge in [0.1, 0.15) is 0 Å². The summed E-state index contributed by atoms with van der Waals surface area (Å²) < 4.78 is 0. The molecule has 0 heterocycles. The molecule has 0 aromatic carbocycles. The molecule has 0 aromatic rings. The monoisotopic (exact) mass is 88.0 g/mol. The molecule has 5 heteroatoms. The minimum absolute atomic E-state index is 0. The molecule has 0 aliphatic carbocycles. The quantitative estimate of drug-likeness (QED) is 0.288. The van der Waals surface area contributed by atoms with Crippen molar-refractivity contribution in [2.24, 2.45) is 0 Å².